The Balaban J connectivity index is 2.17. The van der Waals surface area contributed by atoms with Crippen LogP contribution in [0.3, 0.4) is 0 Å². The number of rotatable bonds is 2. The molecule has 0 aliphatic carbocycles. The molecule has 1 aromatic rings. The molecule has 0 bridgehead atoms. The monoisotopic (exact) mass is 216 g/mol. The Morgan fingerprint density at radius 2 is 1.88 bits per heavy atom. The van der Waals surface area contributed by atoms with Crippen molar-refractivity contribution >= 4 is 11.6 Å². The fourth-order valence-corrected chi connectivity index (χ4v) is 1.69. The lowest BCUT2D eigenvalue weighted by atomic mass is 10.0. The molecule has 0 aromatic heterocycles. The molecule has 0 spiro atoms. The van der Waals surface area contributed by atoms with Crippen molar-refractivity contribution in [2.45, 2.75) is 6.92 Å². The third kappa shape index (κ3) is 1.99. The Bertz CT molecular complexity index is 417. The number of hydrogen-bond acceptors (Lipinski definition) is 2. The summed E-state index contributed by atoms with van der Waals surface area (Å²) in [5, 5.41) is 3.15. The highest BCUT2D eigenvalue weighted by Crippen LogP contribution is 2.17. The highest BCUT2D eigenvalue weighted by Gasteiger charge is 2.19. The first kappa shape index (κ1) is 10.9. The summed E-state index contributed by atoms with van der Waals surface area (Å²) in [5.41, 5.74) is 3.01. The smallest absolute Gasteiger partial charge is 0.253 e. The van der Waals surface area contributed by atoms with E-state index in [2.05, 4.69) is 5.32 Å². The molecule has 0 unspecified atom stereocenters. The molecule has 1 aliphatic heterocycles. The van der Waals surface area contributed by atoms with E-state index in [0.29, 0.717) is 0 Å². The van der Waals surface area contributed by atoms with Gasteiger partial charge in [-0.3, -0.25) is 4.79 Å². The van der Waals surface area contributed by atoms with Crippen LogP contribution in [0.5, 0.6) is 0 Å². The Morgan fingerprint density at radius 3 is 2.38 bits per heavy atom. The van der Waals surface area contributed by atoms with E-state index >= 15 is 0 Å². The number of nitrogens with one attached hydrogen (secondary N) is 1. The molecule has 16 heavy (non-hydrogen) atoms. The first-order valence-electron chi connectivity index (χ1n) is 5.42. The van der Waals surface area contributed by atoms with Gasteiger partial charge < -0.3 is 10.2 Å². The minimum Gasteiger partial charge on any atom is -0.312 e. The van der Waals surface area contributed by atoms with Crippen LogP contribution < -0.4 is 10.2 Å². The van der Waals surface area contributed by atoms with Crippen molar-refractivity contribution in [1.82, 2.24) is 5.32 Å². The normalized spacial score (nSPS) is 14.2. The van der Waals surface area contributed by atoms with Gasteiger partial charge in [0.05, 0.1) is 0 Å². The van der Waals surface area contributed by atoms with Crippen molar-refractivity contribution in [3.63, 3.8) is 0 Å². The summed E-state index contributed by atoms with van der Waals surface area (Å²) in [7, 11) is 1.81. The Hall–Kier alpha value is -1.61. The van der Waals surface area contributed by atoms with Gasteiger partial charge in [-0.15, -0.1) is 0 Å². The summed E-state index contributed by atoms with van der Waals surface area (Å²) in [6, 6.07) is 9.70. The average Bonchev–Trinajstić information content (AvgIpc) is 2.26. The zero-order valence-corrected chi connectivity index (χ0v) is 9.66. The fraction of sp³-hybridized carbons (Fsp3) is 0.308. The number of nitrogens with zero attached hydrogens (tertiary/aromatic N) is 1. The second-order valence-corrected chi connectivity index (χ2v) is 4.03. The molecule has 0 atom stereocenters. The van der Waals surface area contributed by atoms with E-state index in [9.17, 15) is 4.79 Å². The van der Waals surface area contributed by atoms with Gasteiger partial charge in [-0.05, 0) is 24.6 Å². The minimum atomic E-state index is 0.0858. The Labute approximate surface area is 95.8 Å². The lowest BCUT2D eigenvalue weighted by Gasteiger charge is -2.24. The number of para-hydroxylation sites is 1. The van der Waals surface area contributed by atoms with E-state index in [1.807, 2.05) is 44.3 Å². The van der Waals surface area contributed by atoms with Crippen molar-refractivity contribution in [2.75, 3.05) is 25.0 Å². The van der Waals surface area contributed by atoms with Crippen molar-refractivity contribution in [3.8, 4) is 0 Å². The zero-order chi connectivity index (χ0) is 11.5. The topological polar surface area (TPSA) is 32.3 Å². The van der Waals surface area contributed by atoms with Gasteiger partial charge in [0.25, 0.3) is 5.91 Å². The Morgan fingerprint density at radius 1 is 1.25 bits per heavy atom. The van der Waals surface area contributed by atoms with Gasteiger partial charge in [-0.1, -0.05) is 18.2 Å². The third-order valence-electron chi connectivity index (χ3n) is 2.98. The van der Waals surface area contributed by atoms with Gasteiger partial charge in [0.2, 0.25) is 0 Å². The number of carbonyl (C=O) groups excluding carboxylic acids is 1. The molecule has 1 aromatic carbocycles. The lowest BCUT2D eigenvalue weighted by Crippen LogP contribution is -2.38. The van der Waals surface area contributed by atoms with E-state index < -0.39 is 0 Å². The van der Waals surface area contributed by atoms with E-state index in [-0.39, 0.29) is 5.91 Å². The number of carbonyl (C=O) groups is 1. The molecular weight excluding hydrogens is 200 g/mol. The van der Waals surface area contributed by atoms with E-state index in [4.69, 9.17) is 0 Å². The molecule has 1 heterocycles. The minimum absolute atomic E-state index is 0.0858. The number of likely N-dealkylation sites (N-methyl/N-ethyl adjacent to an activating group) is 1. The van der Waals surface area contributed by atoms with Gasteiger partial charge in [-0.25, -0.2) is 0 Å². The standard InChI is InChI=1S/C13H16N2O/c1-10(11-8-14-9-11)13(16)15(2)12-6-4-3-5-7-12/h3-7,14H,8-9H2,1-2H3. The maximum absolute atomic E-state index is 12.1. The molecule has 1 saturated heterocycles. The van der Waals surface area contributed by atoms with Gasteiger partial charge in [-0.2, -0.15) is 0 Å². The van der Waals surface area contributed by atoms with Crippen molar-refractivity contribution in [1.29, 1.82) is 0 Å². The highest BCUT2D eigenvalue weighted by atomic mass is 16.2. The first-order chi connectivity index (χ1) is 7.70. The SMILES string of the molecule is CC(C(=O)N(C)c1ccccc1)=C1CNC1. The summed E-state index contributed by atoms with van der Waals surface area (Å²) in [5.74, 6) is 0.0858. The number of benzene rings is 1. The van der Waals surface area contributed by atoms with E-state index in [1.54, 1.807) is 4.90 Å². The van der Waals surface area contributed by atoms with Crippen LogP contribution in [0.25, 0.3) is 0 Å². The molecule has 0 radical (unpaired) electrons. The molecule has 3 heteroatoms. The summed E-state index contributed by atoms with van der Waals surface area (Å²) >= 11 is 0. The highest BCUT2D eigenvalue weighted by molar-refractivity contribution is 6.05. The third-order valence-corrected chi connectivity index (χ3v) is 2.98. The first-order valence-corrected chi connectivity index (χ1v) is 5.42. The molecule has 1 aliphatic rings. The molecular formula is C13H16N2O. The van der Waals surface area contributed by atoms with Crippen LogP contribution in [-0.2, 0) is 4.79 Å². The molecule has 1 fully saturated rings. The second-order valence-electron chi connectivity index (χ2n) is 4.03. The fourth-order valence-electron chi connectivity index (χ4n) is 1.69. The second kappa shape index (κ2) is 4.49. The number of anilines is 1. The summed E-state index contributed by atoms with van der Waals surface area (Å²) in [4.78, 5) is 13.8. The quantitative estimate of drug-likeness (QED) is 0.761. The molecule has 2 rings (SSSR count). The molecule has 3 nitrogen and oxygen atoms in total. The summed E-state index contributed by atoms with van der Waals surface area (Å²) < 4.78 is 0. The van der Waals surface area contributed by atoms with Crippen molar-refractivity contribution in [2.24, 2.45) is 0 Å². The van der Waals surface area contributed by atoms with E-state index in [1.165, 1.54) is 5.57 Å². The van der Waals surface area contributed by atoms with Crippen LogP contribution in [-0.4, -0.2) is 26.0 Å². The van der Waals surface area contributed by atoms with Crippen LogP contribution in [0.15, 0.2) is 41.5 Å². The van der Waals surface area contributed by atoms with Gasteiger partial charge >= 0.3 is 0 Å². The van der Waals surface area contributed by atoms with Crippen LogP contribution in [0.2, 0.25) is 0 Å². The number of hydrogen-bond donors (Lipinski definition) is 1. The van der Waals surface area contributed by atoms with Crippen molar-refractivity contribution < 1.29 is 4.79 Å². The maximum Gasteiger partial charge on any atom is 0.253 e. The van der Waals surface area contributed by atoms with Crippen LogP contribution >= 0.6 is 0 Å². The number of amides is 1. The van der Waals surface area contributed by atoms with Crippen molar-refractivity contribution in [3.05, 3.63) is 41.5 Å². The van der Waals surface area contributed by atoms with Crippen LogP contribution in [0, 0.1) is 0 Å². The molecule has 0 saturated carbocycles. The van der Waals surface area contributed by atoms with E-state index in [0.717, 1.165) is 24.4 Å². The molecule has 84 valence electrons. The Kier molecular flexibility index (Phi) is 3.06. The predicted octanol–water partition coefficient (Wildman–Crippen LogP) is 1.57. The molecule has 1 amide bonds. The van der Waals surface area contributed by atoms with Crippen LogP contribution in [0.4, 0.5) is 5.69 Å². The zero-order valence-electron chi connectivity index (χ0n) is 9.66. The van der Waals surface area contributed by atoms with Gasteiger partial charge in [0.1, 0.15) is 0 Å². The molecule has 1 N–H and O–H groups in total. The summed E-state index contributed by atoms with van der Waals surface area (Å²) in [6.45, 7) is 3.60. The lowest BCUT2D eigenvalue weighted by molar-refractivity contribution is -0.114. The predicted molar refractivity (Wildman–Crippen MR) is 65.4 cm³/mol. The van der Waals surface area contributed by atoms with Gasteiger partial charge in [0.15, 0.2) is 0 Å². The van der Waals surface area contributed by atoms with Crippen LogP contribution in [0.1, 0.15) is 6.92 Å². The van der Waals surface area contributed by atoms with Gasteiger partial charge in [0, 0.05) is 31.4 Å². The average molecular weight is 216 g/mol. The summed E-state index contributed by atoms with van der Waals surface area (Å²) in [6.07, 6.45) is 0. The largest absolute Gasteiger partial charge is 0.312 e. The maximum atomic E-state index is 12.1.